The molecule has 0 bridgehead atoms. The van der Waals surface area contributed by atoms with Crippen molar-refractivity contribution in [1.29, 1.82) is 0 Å². The molecule has 4 N–H and O–H groups in total. The molecule has 0 heterocycles. The molecule has 0 aliphatic rings. The van der Waals surface area contributed by atoms with Gasteiger partial charge in [-0.25, -0.2) is 4.79 Å². The first-order chi connectivity index (χ1) is 20.8. The van der Waals surface area contributed by atoms with E-state index in [2.05, 4.69) is 17.6 Å². The lowest BCUT2D eigenvalue weighted by molar-refractivity contribution is -0.143. The molecule has 44 heavy (non-hydrogen) atoms. The van der Waals surface area contributed by atoms with Crippen LogP contribution in [0.15, 0.2) is 48.5 Å². The summed E-state index contributed by atoms with van der Waals surface area (Å²) in [6.07, 6.45) is 5.03. The van der Waals surface area contributed by atoms with Crippen LogP contribution in [0.25, 0.3) is 0 Å². The highest BCUT2D eigenvalue weighted by Gasteiger charge is 2.36. The van der Waals surface area contributed by atoms with Gasteiger partial charge in [0.2, 0.25) is 17.7 Å². The number of carbonyl (C=O) groups is 4. The van der Waals surface area contributed by atoms with E-state index < -0.39 is 35.6 Å². The van der Waals surface area contributed by atoms with E-state index in [9.17, 15) is 19.2 Å². The van der Waals surface area contributed by atoms with Gasteiger partial charge in [-0.2, -0.15) is 0 Å². The average Bonchev–Trinajstić information content (AvgIpc) is 2.95. The number of hydrogen-bond acceptors (Lipinski definition) is 5. The number of nitrogens with two attached hydrogens (primary N) is 1. The molecule has 2 atom stereocenters. The van der Waals surface area contributed by atoms with Gasteiger partial charge in [0.05, 0.1) is 0 Å². The van der Waals surface area contributed by atoms with Gasteiger partial charge in [0, 0.05) is 19.5 Å². The van der Waals surface area contributed by atoms with Gasteiger partial charge in [-0.3, -0.25) is 14.4 Å². The molecule has 2 unspecified atom stereocenters. The Balaban J connectivity index is 2.51. The summed E-state index contributed by atoms with van der Waals surface area (Å²) in [7, 11) is 0. The number of alkyl carbamates (subject to hydrolysis) is 1. The Kier molecular flexibility index (Phi) is 14.9. The number of unbranched alkanes of at least 4 members (excludes halogenated alkanes) is 5. The molecule has 4 amide bonds. The van der Waals surface area contributed by atoms with Crippen LogP contribution < -0.4 is 16.4 Å². The first-order valence-corrected chi connectivity index (χ1v) is 15.8. The maximum atomic E-state index is 14.4. The van der Waals surface area contributed by atoms with Gasteiger partial charge in [0.15, 0.2) is 0 Å². The third-order valence-corrected chi connectivity index (χ3v) is 7.29. The SMILES string of the molecule is CCCCCCCCN(C(=O)C(CCC(N)=O)NC(=O)OC(C)(C)C)C(C(=O)NCc1ccccc1)c1ccc(C)cc1C. The van der Waals surface area contributed by atoms with Crippen molar-refractivity contribution in [2.75, 3.05) is 6.54 Å². The molecule has 0 aromatic heterocycles. The normalized spacial score (nSPS) is 12.6. The molecule has 0 spiro atoms. The first kappa shape index (κ1) is 36.3. The second-order valence-corrected chi connectivity index (χ2v) is 12.5. The van der Waals surface area contributed by atoms with Crippen molar-refractivity contribution >= 4 is 23.8 Å². The zero-order valence-corrected chi connectivity index (χ0v) is 27.4. The maximum absolute atomic E-state index is 14.4. The van der Waals surface area contributed by atoms with E-state index in [-0.39, 0.29) is 18.7 Å². The molecule has 242 valence electrons. The van der Waals surface area contributed by atoms with Crippen LogP contribution in [0, 0.1) is 13.8 Å². The fraction of sp³-hybridized carbons (Fsp3) is 0.543. The van der Waals surface area contributed by atoms with Gasteiger partial charge in [0.25, 0.3) is 0 Å². The zero-order chi connectivity index (χ0) is 32.7. The van der Waals surface area contributed by atoms with Crippen LogP contribution >= 0.6 is 0 Å². The summed E-state index contributed by atoms with van der Waals surface area (Å²) in [5.41, 5.74) is 8.19. The molecule has 0 radical (unpaired) electrons. The van der Waals surface area contributed by atoms with Crippen molar-refractivity contribution in [3.63, 3.8) is 0 Å². The number of rotatable bonds is 17. The second kappa shape index (κ2) is 18.0. The molecule has 9 nitrogen and oxygen atoms in total. The Morgan fingerprint density at radius 2 is 1.59 bits per heavy atom. The third-order valence-electron chi connectivity index (χ3n) is 7.29. The minimum absolute atomic E-state index is 0.0222. The summed E-state index contributed by atoms with van der Waals surface area (Å²) in [6.45, 7) is 11.8. The molecule has 0 aliphatic carbocycles. The minimum Gasteiger partial charge on any atom is -0.444 e. The van der Waals surface area contributed by atoms with Crippen molar-refractivity contribution < 1.29 is 23.9 Å². The molecular formula is C35H52N4O5. The van der Waals surface area contributed by atoms with Crippen molar-refractivity contribution in [2.45, 2.75) is 117 Å². The number of amides is 4. The Morgan fingerprint density at radius 1 is 0.932 bits per heavy atom. The summed E-state index contributed by atoms with van der Waals surface area (Å²) in [5.74, 6) is -1.39. The van der Waals surface area contributed by atoms with Crippen molar-refractivity contribution in [3.8, 4) is 0 Å². The number of nitrogens with zero attached hydrogens (tertiary/aromatic N) is 1. The summed E-state index contributed by atoms with van der Waals surface area (Å²) in [4.78, 5) is 54.6. The quantitative estimate of drug-likeness (QED) is 0.189. The number of nitrogens with one attached hydrogen (secondary N) is 2. The zero-order valence-electron chi connectivity index (χ0n) is 27.4. The predicted molar refractivity (Wildman–Crippen MR) is 174 cm³/mol. The second-order valence-electron chi connectivity index (χ2n) is 12.5. The van der Waals surface area contributed by atoms with E-state index in [1.165, 1.54) is 0 Å². The number of ether oxygens (including phenoxy) is 1. The lowest BCUT2D eigenvalue weighted by Crippen LogP contribution is -2.53. The van der Waals surface area contributed by atoms with Gasteiger partial charge in [0.1, 0.15) is 17.7 Å². The van der Waals surface area contributed by atoms with Gasteiger partial charge in [-0.05, 0) is 64.2 Å². The molecule has 0 saturated carbocycles. The maximum Gasteiger partial charge on any atom is 0.408 e. The largest absolute Gasteiger partial charge is 0.444 e. The van der Waals surface area contributed by atoms with E-state index in [0.717, 1.165) is 48.8 Å². The summed E-state index contributed by atoms with van der Waals surface area (Å²) in [6, 6.07) is 13.3. The number of hydrogen-bond donors (Lipinski definition) is 3. The third kappa shape index (κ3) is 12.8. The number of aryl methyl sites for hydroxylation is 2. The van der Waals surface area contributed by atoms with E-state index in [1.54, 1.807) is 25.7 Å². The highest BCUT2D eigenvalue weighted by molar-refractivity contribution is 5.92. The molecule has 2 aromatic rings. The number of primary amides is 1. The number of benzene rings is 2. The van der Waals surface area contributed by atoms with Crippen molar-refractivity contribution in [3.05, 3.63) is 70.8 Å². The predicted octanol–water partition coefficient (Wildman–Crippen LogP) is 6.01. The van der Waals surface area contributed by atoms with Crippen LogP contribution in [0.2, 0.25) is 0 Å². The smallest absolute Gasteiger partial charge is 0.408 e. The highest BCUT2D eigenvalue weighted by Crippen LogP contribution is 2.28. The van der Waals surface area contributed by atoms with Crippen molar-refractivity contribution in [1.82, 2.24) is 15.5 Å². The molecule has 0 saturated heterocycles. The molecule has 2 aromatic carbocycles. The number of carbonyl (C=O) groups excluding carboxylic acids is 4. The lowest BCUT2D eigenvalue weighted by Gasteiger charge is -2.35. The Morgan fingerprint density at radius 3 is 2.20 bits per heavy atom. The Hall–Kier alpha value is -3.88. The Labute approximate surface area is 263 Å². The Bertz CT molecular complexity index is 1230. The fourth-order valence-corrected chi connectivity index (χ4v) is 5.09. The topological polar surface area (TPSA) is 131 Å². The molecule has 2 rings (SSSR count). The molecule has 0 aliphatic heterocycles. The summed E-state index contributed by atoms with van der Waals surface area (Å²) in [5, 5.41) is 5.70. The van der Waals surface area contributed by atoms with E-state index >= 15 is 0 Å². The van der Waals surface area contributed by atoms with Crippen LogP contribution in [0.4, 0.5) is 4.79 Å². The lowest BCUT2D eigenvalue weighted by atomic mass is 9.95. The van der Waals surface area contributed by atoms with Crippen LogP contribution in [-0.2, 0) is 25.7 Å². The summed E-state index contributed by atoms with van der Waals surface area (Å²) >= 11 is 0. The van der Waals surface area contributed by atoms with E-state index in [1.807, 2.05) is 62.4 Å². The molecular weight excluding hydrogens is 556 g/mol. The van der Waals surface area contributed by atoms with Gasteiger partial charge in [-0.1, -0.05) is 93.1 Å². The monoisotopic (exact) mass is 608 g/mol. The van der Waals surface area contributed by atoms with Crippen LogP contribution in [-0.4, -0.2) is 46.9 Å². The highest BCUT2D eigenvalue weighted by atomic mass is 16.6. The standard InChI is InChI=1S/C35H52N4O5/c1-7-8-9-10-11-15-22-39(33(42)29(20-21-30(36)40)38-34(43)44-35(4,5)6)31(28-19-18-25(2)23-26(28)3)32(41)37-24-27-16-13-12-14-17-27/h12-14,16-19,23,29,31H,7-11,15,20-22,24H2,1-6H3,(H2,36,40)(H,37,41)(H,38,43). The molecule has 9 heteroatoms. The van der Waals surface area contributed by atoms with Crippen LogP contribution in [0.3, 0.4) is 0 Å². The van der Waals surface area contributed by atoms with Gasteiger partial charge >= 0.3 is 6.09 Å². The van der Waals surface area contributed by atoms with Crippen LogP contribution in [0.1, 0.15) is 107 Å². The van der Waals surface area contributed by atoms with Gasteiger partial charge < -0.3 is 26.0 Å². The first-order valence-electron chi connectivity index (χ1n) is 15.8. The average molecular weight is 609 g/mol. The van der Waals surface area contributed by atoms with Crippen molar-refractivity contribution in [2.24, 2.45) is 5.73 Å². The van der Waals surface area contributed by atoms with E-state index in [0.29, 0.717) is 25.1 Å². The van der Waals surface area contributed by atoms with Gasteiger partial charge in [-0.15, -0.1) is 0 Å². The van der Waals surface area contributed by atoms with E-state index in [4.69, 9.17) is 10.5 Å². The summed E-state index contributed by atoms with van der Waals surface area (Å²) < 4.78 is 5.44. The minimum atomic E-state index is -1.12. The fourth-order valence-electron chi connectivity index (χ4n) is 5.09. The van der Waals surface area contributed by atoms with Crippen LogP contribution in [0.5, 0.6) is 0 Å². The molecule has 0 fully saturated rings.